The van der Waals surface area contributed by atoms with Gasteiger partial charge in [0.15, 0.2) is 23.0 Å². The Kier molecular flexibility index (Phi) is 15.6. The summed E-state index contributed by atoms with van der Waals surface area (Å²) in [5.41, 5.74) is 0. The number of fused-ring (bicyclic) bond motifs is 4. The molecule has 0 aliphatic heterocycles. The lowest BCUT2D eigenvalue weighted by atomic mass is 9.91. The Morgan fingerprint density at radius 1 is 0.357 bits per heavy atom. The second kappa shape index (κ2) is 21.0. The Bertz CT molecular complexity index is 1880. The lowest BCUT2D eigenvalue weighted by Crippen LogP contribution is -2.18. The van der Waals surface area contributed by atoms with E-state index >= 15 is 0 Å². The molecular formula is C44H52O12. The molecule has 12 heteroatoms. The molecule has 5 rings (SSSR count). The van der Waals surface area contributed by atoms with Gasteiger partial charge in [-0.25, -0.2) is 19.2 Å². The molecule has 0 bridgehead atoms. The van der Waals surface area contributed by atoms with E-state index in [1.54, 1.807) is 48.5 Å². The van der Waals surface area contributed by atoms with Crippen LogP contribution in [0.5, 0.6) is 23.0 Å². The number of rotatable bonds is 20. The van der Waals surface area contributed by atoms with E-state index in [1.807, 2.05) is 27.7 Å². The van der Waals surface area contributed by atoms with Crippen molar-refractivity contribution in [3.8, 4) is 23.0 Å². The molecule has 0 N–H and O–H groups in total. The van der Waals surface area contributed by atoms with Crippen molar-refractivity contribution < 1.29 is 57.1 Å². The largest absolute Gasteiger partial charge is 0.513 e. The minimum Gasteiger partial charge on any atom is -0.434 e. The lowest BCUT2D eigenvalue weighted by Gasteiger charge is -2.22. The van der Waals surface area contributed by atoms with E-state index in [1.165, 1.54) is 0 Å². The quantitative estimate of drug-likeness (QED) is 0.0321. The summed E-state index contributed by atoms with van der Waals surface area (Å²) in [5.74, 6) is 0.266. The average Bonchev–Trinajstić information content (AvgIpc) is 3.19. The zero-order chi connectivity index (χ0) is 39.9. The molecule has 1 aliphatic rings. The van der Waals surface area contributed by atoms with Crippen LogP contribution in [0.3, 0.4) is 0 Å². The summed E-state index contributed by atoms with van der Waals surface area (Å²) >= 11 is 0. The lowest BCUT2D eigenvalue weighted by molar-refractivity contribution is 0.0943. The summed E-state index contributed by atoms with van der Waals surface area (Å²) < 4.78 is 45.9. The predicted molar refractivity (Wildman–Crippen MR) is 209 cm³/mol. The van der Waals surface area contributed by atoms with Crippen molar-refractivity contribution >= 4 is 46.2 Å². The summed E-state index contributed by atoms with van der Waals surface area (Å²) in [7, 11) is 0. The Balaban J connectivity index is 1.80. The highest BCUT2D eigenvalue weighted by Gasteiger charge is 2.30. The maximum Gasteiger partial charge on any atom is 0.513 e. The van der Waals surface area contributed by atoms with Gasteiger partial charge in [0.2, 0.25) is 0 Å². The van der Waals surface area contributed by atoms with E-state index in [4.69, 9.17) is 37.9 Å². The molecule has 0 saturated heterocycles. The standard InChI is InChI=1S/C44H52O12/c1-5-9-17-25-49-41(45)53-37-29-21-13-14-22-30(29)38(54-42(46)50-26-18-10-6-2)34-33(37)35-36(34)40(56-44(48)52-28-20-12-8-4)32-24-16-15-23-31(32)39(35)55-43(47)51-27-19-11-7-3/h13-16,21-24H,5-12,17-20,25-28H2,1-4H3. The van der Waals surface area contributed by atoms with Crippen LogP contribution in [0.25, 0.3) is 21.5 Å². The summed E-state index contributed by atoms with van der Waals surface area (Å²) in [6.45, 7) is 8.76. The van der Waals surface area contributed by atoms with Crippen molar-refractivity contribution in [3.63, 3.8) is 0 Å². The monoisotopic (exact) mass is 772 g/mol. The van der Waals surface area contributed by atoms with Crippen LogP contribution in [0, 0.1) is 20.9 Å². The number of hydrogen-bond donors (Lipinski definition) is 0. The molecule has 0 amide bonds. The maximum atomic E-state index is 13.3. The molecular weight excluding hydrogens is 720 g/mol. The first-order valence-electron chi connectivity index (χ1n) is 19.9. The summed E-state index contributed by atoms with van der Waals surface area (Å²) in [4.78, 5) is 53.3. The molecule has 0 unspecified atom stereocenters. The first-order chi connectivity index (χ1) is 27.3. The number of carbonyl (C=O) groups excluding carboxylic acids is 4. The molecule has 0 atom stereocenters. The first-order valence-corrected chi connectivity index (χ1v) is 19.9. The van der Waals surface area contributed by atoms with Gasteiger partial charge >= 0.3 is 24.6 Å². The van der Waals surface area contributed by atoms with Crippen LogP contribution in [-0.2, 0) is 18.9 Å². The maximum absolute atomic E-state index is 13.3. The van der Waals surface area contributed by atoms with Gasteiger partial charge in [-0.15, -0.1) is 0 Å². The number of unbranched alkanes of at least 4 members (excludes halogenated alkanes) is 8. The third-order valence-corrected chi connectivity index (χ3v) is 9.35. The topological polar surface area (TPSA) is 142 Å². The van der Waals surface area contributed by atoms with Gasteiger partial charge in [-0.05, 0) is 25.7 Å². The van der Waals surface area contributed by atoms with Gasteiger partial charge in [-0.3, -0.25) is 0 Å². The zero-order valence-electron chi connectivity index (χ0n) is 32.8. The molecule has 12 nitrogen and oxygen atoms in total. The van der Waals surface area contributed by atoms with E-state index in [2.05, 4.69) is 0 Å². The Morgan fingerprint density at radius 3 is 0.768 bits per heavy atom. The summed E-state index contributed by atoms with van der Waals surface area (Å²) in [5, 5.41) is 2.64. The normalized spacial score (nSPS) is 11.2. The molecule has 4 aromatic carbocycles. The van der Waals surface area contributed by atoms with E-state index < -0.39 is 24.6 Å². The van der Waals surface area contributed by atoms with E-state index in [9.17, 15) is 19.2 Å². The second-order valence-electron chi connectivity index (χ2n) is 13.5. The zero-order valence-corrected chi connectivity index (χ0v) is 32.8. The predicted octanol–water partition coefficient (Wildman–Crippen LogP) is 11.7. The second-order valence-corrected chi connectivity index (χ2v) is 13.5. The SMILES string of the molecule is CCCCCOC(=O)Oc1c2c(c(OC(=O)OCCCCC)c3ccccc13)=c1c(OC(=O)OCCCCC)c3ccccc3c(OC(=O)OCCCCC)c1=2. The number of benzene rings is 4. The van der Waals surface area contributed by atoms with Gasteiger partial charge in [0.1, 0.15) is 0 Å². The highest BCUT2D eigenvalue weighted by Crippen LogP contribution is 2.47. The minimum absolute atomic E-state index is 0.0665. The Hall–Kier alpha value is -5.52. The van der Waals surface area contributed by atoms with Gasteiger partial charge in [0, 0.05) is 42.4 Å². The summed E-state index contributed by atoms with van der Waals surface area (Å²) in [6, 6.07) is 13.8. The van der Waals surface area contributed by atoms with Crippen molar-refractivity contribution in [3.05, 3.63) is 69.4 Å². The Morgan fingerprint density at radius 2 is 0.571 bits per heavy atom. The van der Waals surface area contributed by atoms with Gasteiger partial charge < -0.3 is 37.9 Å². The number of ether oxygens (including phenoxy) is 8. The smallest absolute Gasteiger partial charge is 0.434 e. The molecule has 56 heavy (non-hydrogen) atoms. The van der Waals surface area contributed by atoms with Crippen LogP contribution in [-0.4, -0.2) is 51.0 Å². The molecule has 0 heterocycles. The van der Waals surface area contributed by atoms with Gasteiger partial charge in [0.05, 0.1) is 26.4 Å². The highest BCUT2D eigenvalue weighted by atomic mass is 16.7. The van der Waals surface area contributed by atoms with Crippen LogP contribution in [0.1, 0.15) is 105 Å². The van der Waals surface area contributed by atoms with Crippen LogP contribution >= 0.6 is 0 Å². The average molecular weight is 773 g/mol. The molecule has 0 radical (unpaired) electrons. The van der Waals surface area contributed by atoms with E-state index in [0.29, 0.717) is 47.2 Å². The van der Waals surface area contributed by atoms with Gasteiger partial charge in [0.25, 0.3) is 0 Å². The molecule has 0 fully saturated rings. The molecule has 1 aliphatic carbocycles. The van der Waals surface area contributed by atoms with Crippen molar-refractivity contribution in [2.45, 2.75) is 105 Å². The van der Waals surface area contributed by atoms with Crippen LogP contribution < -0.4 is 18.9 Å². The molecule has 0 spiro atoms. The fraction of sp³-hybridized carbons (Fsp3) is 0.455. The number of hydrogen-bond acceptors (Lipinski definition) is 12. The van der Waals surface area contributed by atoms with E-state index in [-0.39, 0.29) is 70.3 Å². The van der Waals surface area contributed by atoms with Crippen molar-refractivity contribution in [2.75, 3.05) is 26.4 Å². The minimum atomic E-state index is -0.948. The highest BCUT2D eigenvalue weighted by molar-refractivity contribution is 6.00. The molecule has 4 aromatic rings. The Labute approximate surface area is 326 Å². The molecule has 0 saturated carbocycles. The first kappa shape index (κ1) is 41.6. The fourth-order valence-electron chi connectivity index (χ4n) is 6.55. The van der Waals surface area contributed by atoms with Crippen LogP contribution in [0.4, 0.5) is 19.2 Å². The van der Waals surface area contributed by atoms with Crippen molar-refractivity contribution in [2.24, 2.45) is 0 Å². The van der Waals surface area contributed by atoms with Gasteiger partial charge in [-0.1, -0.05) is 128 Å². The van der Waals surface area contributed by atoms with Crippen molar-refractivity contribution in [1.82, 2.24) is 0 Å². The fourth-order valence-corrected chi connectivity index (χ4v) is 6.55. The van der Waals surface area contributed by atoms with E-state index in [0.717, 1.165) is 51.4 Å². The third kappa shape index (κ3) is 10.0. The molecule has 0 aromatic heterocycles. The number of carbonyl (C=O) groups is 4. The summed E-state index contributed by atoms with van der Waals surface area (Å²) in [6.07, 6.45) is 6.03. The van der Waals surface area contributed by atoms with Crippen LogP contribution in [0.15, 0.2) is 48.5 Å². The van der Waals surface area contributed by atoms with Gasteiger partial charge in [-0.2, -0.15) is 0 Å². The van der Waals surface area contributed by atoms with Crippen molar-refractivity contribution in [1.29, 1.82) is 0 Å². The van der Waals surface area contributed by atoms with Crippen LogP contribution in [0.2, 0.25) is 0 Å². The third-order valence-electron chi connectivity index (χ3n) is 9.35. The molecule has 300 valence electrons.